The van der Waals surface area contributed by atoms with Crippen molar-refractivity contribution in [1.29, 1.82) is 0 Å². The Balaban J connectivity index is 2.07. The van der Waals surface area contributed by atoms with Crippen LogP contribution >= 0.6 is 0 Å². The Morgan fingerprint density at radius 3 is 2.26 bits per heavy atom. The van der Waals surface area contributed by atoms with Gasteiger partial charge in [-0.15, -0.1) is 0 Å². The fourth-order valence-electron chi connectivity index (χ4n) is 2.40. The lowest BCUT2D eigenvalue weighted by Gasteiger charge is -2.25. The Morgan fingerprint density at radius 1 is 1.07 bits per heavy atom. The number of benzene rings is 2. The highest BCUT2D eigenvalue weighted by Crippen LogP contribution is 2.17. The van der Waals surface area contributed by atoms with Crippen LogP contribution in [0.4, 0.5) is 0 Å². The molecule has 2 aromatic carbocycles. The van der Waals surface area contributed by atoms with Crippen LogP contribution < -0.4 is 4.18 Å². The Kier molecular flexibility index (Phi) is 7.19. The van der Waals surface area contributed by atoms with E-state index < -0.39 is 10.1 Å². The summed E-state index contributed by atoms with van der Waals surface area (Å²) in [5.74, 6) is 0.104. The summed E-state index contributed by atoms with van der Waals surface area (Å²) in [7, 11) is -3.54. The first-order valence-electron chi connectivity index (χ1n) is 8.85. The quantitative estimate of drug-likeness (QED) is 0.510. The van der Waals surface area contributed by atoms with Crippen LogP contribution in [-0.4, -0.2) is 31.0 Å². The van der Waals surface area contributed by atoms with Crippen molar-refractivity contribution < 1.29 is 17.4 Å². The van der Waals surface area contributed by atoms with Gasteiger partial charge in [-0.1, -0.05) is 42.5 Å². The molecule has 5 nitrogen and oxygen atoms in total. The smallest absolute Gasteiger partial charge is 0.308 e. The van der Waals surface area contributed by atoms with Gasteiger partial charge in [-0.05, 0) is 50.1 Å². The van der Waals surface area contributed by atoms with Crippen molar-refractivity contribution in [1.82, 2.24) is 4.90 Å². The van der Waals surface area contributed by atoms with Crippen molar-refractivity contribution in [3.63, 3.8) is 0 Å². The standard InChI is InChI=1S/C21H25NO4S/c1-4-27(24,25)26-20-13-10-19(11-14-20)16-22(17(2)3)21(23)15-12-18-8-6-5-7-9-18/h5-15,17H,4,16H2,1-3H3/b15-12+. The van der Waals surface area contributed by atoms with E-state index in [1.807, 2.05) is 44.2 Å². The zero-order valence-corrected chi connectivity index (χ0v) is 16.6. The zero-order valence-electron chi connectivity index (χ0n) is 15.8. The van der Waals surface area contributed by atoms with Gasteiger partial charge in [0.2, 0.25) is 5.91 Å². The maximum Gasteiger partial charge on any atom is 0.308 e. The Hall–Kier alpha value is -2.60. The third-order valence-corrected chi connectivity index (χ3v) is 5.13. The number of amides is 1. The van der Waals surface area contributed by atoms with Gasteiger partial charge in [0.1, 0.15) is 5.75 Å². The molecule has 0 aliphatic rings. The van der Waals surface area contributed by atoms with Crippen LogP contribution in [0.5, 0.6) is 5.75 Å². The maximum absolute atomic E-state index is 12.6. The van der Waals surface area contributed by atoms with Crippen LogP contribution in [0.1, 0.15) is 31.9 Å². The lowest BCUT2D eigenvalue weighted by Crippen LogP contribution is -2.35. The van der Waals surface area contributed by atoms with Crippen LogP contribution in [-0.2, 0) is 21.5 Å². The van der Waals surface area contributed by atoms with Crippen molar-refractivity contribution >= 4 is 22.1 Å². The molecule has 0 heterocycles. The fraction of sp³-hybridized carbons (Fsp3) is 0.286. The van der Waals surface area contributed by atoms with Gasteiger partial charge in [-0.3, -0.25) is 4.79 Å². The molecule has 1 amide bonds. The van der Waals surface area contributed by atoms with E-state index in [0.29, 0.717) is 6.54 Å². The number of carbonyl (C=O) groups excluding carboxylic acids is 1. The van der Waals surface area contributed by atoms with Crippen molar-refractivity contribution in [2.75, 3.05) is 5.75 Å². The molecule has 0 atom stereocenters. The summed E-state index contributed by atoms with van der Waals surface area (Å²) in [6.07, 6.45) is 3.37. The van der Waals surface area contributed by atoms with Crippen molar-refractivity contribution in [3.8, 4) is 5.75 Å². The Bertz CT molecular complexity index is 872. The lowest BCUT2D eigenvalue weighted by molar-refractivity contribution is -0.128. The van der Waals surface area contributed by atoms with Gasteiger partial charge in [0.15, 0.2) is 0 Å². The van der Waals surface area contributed by atoms with Gasteiger partial charge >= 0.3 is 10.1 Å². The highest BCUT2D eigenvalue weighted by molar-refractivity contribution is 7.87. The normalized spacial score (nSPS) is 11.7. The maximum atomic E-state index is 12.6. The molecular weight excluding hydrogens is 362 g/mol. The average molecular weight is 388 g/mol. The third-order valence-electron chi connectivity index (χ3n) is 3.98. The minimum absolute atomic E-state index is 0.0225. The summed E-state index contributed by atoms with van der Waals surface area (Å²) < 4.78 is 28.0. The van der Waals surface area contributed by atoms with E-state index in [2.05, 4.69) is 0 Å². The molecule has 0 fully saturated rings. The molecular formula is C21H25NO4S. The van der Waals surface area contributed by atoms with E-state index >= 15 is 0 Å². The first kappa shape index (κ1) is 20.7. The van der Waals surface area contributed by atoms with Crippen LogP contribution in [0.15, 0.2) is 60.7 Å². The van der Waals surface area contributed by atoms with E-state index in [-0.39, 0.29) is 23.5 Å². The fourth-order valence-corrected chi connectivity index (χ4v) is 2.92. The van der Waals surface area contributed by atoms with E-state index in [1.54, 1.807) is 41.3 Å². The molecule has 0 N–H and O–H groups in total. The summed E-state index contributed by atoms with van der Waals surface area (Å²) in [6, 6.07) is 16.4. The predicted octanol–water partition coefficient (Wildman–Crippen LogP) is 3.87. The van der Waals surface area contributed by atoms with Crippen LogP contribution in [0.25, 0.3) is 6.08 Å². The molecule has 2 aromatic rings. The second kappa shape index (κ2) is 9.37. The SMILES string of the molecule is CCS(=O)(=O)Oc1ccc(CN(C(=O)/C=C/c2ccccc2)C(C)C)cc1. The molecule has 0 saturated heterocycles. The minimum Gasteiger partial charge on any atom is -0.382 e. The van der Waals surface area contributed by atoms with Crippen LogP contribution in [0.3, 0.4) is 0 Å². The van der Waals surface area contributed by atoms with Gasteiger partial charge in [-0.2, -0.15) is 8.42 Å². The van der Waals surface area contributed by atoms with Crippen molar-refractivity contribution in [2.24, 2.45) is 0 Å². The first-order valence-corrected chi connectivity index (χ1v) is 10.4. The monoisotopic (exact) mass is 387 g/mol. The molecule has 0 radical (unpaired) electrons. The van der Waals surface area contributed by atoms with E-state index in [0.717, 1.165) is 11.1 Å². The third kappa shape index (κ3) is 6.57. The number of hydrogen-bond acceptors (Lipinski definition) is 4. The summed E-state index contributed by atoms with van der Waals surface area (Å²) in [6.45, 7) is 5.87. The van der Waals surface area contributed by atoms with Gasteiger partial charge in [0.25, 0.3) is 0 Å². The molecule has 0 aliphatic heterocycles. The summed E-state index contributed by atoms with van der Waals surface area (Å²) >= 11 is 0. The Morgan fingerprint density at radius 2 is 1.70 bits per heavy atom. The molecule has 0 aromatic heterocycles. The average Bonchev–Trinajstić information content (AvgIpc) is 2.66. The summed E-state index contributed by atoms with van der Waals surface area (Å²) in [4.78, 5) is 14.3. The molecule has 0 bridgehead atoms. The highest BCUT2D eigenvalue weighted by Gasteiger charge is 2.15. The van der Waals surface area contributed by atoms with Gasteiger partial charge in [0, 0.05) is 18.7 Å². The first-order chi connectivity index (χ1) is 12.8. The molecule has 6 heteroatoms. The largest absolute Gasteiger partial charge is 0.382 e. The number of hydrogen-bond donors (Lipinski definition) is 0. The molecule has 144 valence electrons. The second-order valence-corrected chi connectivity index (χ2v) is 8.24. The topological polar surface area (TPSA) is 63.7 Å². The lowest BCUT2D eigenvalue weighted by atomic mass is 10.1. The molecule has 0 unspecified atom stereocenters. The van der Waals surface area contributed by atoms with E-state index in [1.165, 1.54) is 6.92 Å². The Labute approximate surface area is 161 Å². The minimum atomic E-state index is -3.54. The van der Waals surface area contributed by atoms with Gasteiger partial charge < -0.3 is 9.08 Å². The van der Waals surface area contributed by atoms with Crippen LogP contribution in [0.2, 0.25) is 0 Å². The summed E-state index contributed by atoms with van der Waals surface area (Å²) in [5, 5.41) is 0. The number of carbonyl (C=O) groups is 1. The van der Waals surface area contributed by atoms with Crippen molar-refractivity contribution in [3.05, 3.63) is 71.8 Å². The predicted molar refractivity (Wildman–Crippen MR) is 108 cm³/mol. The van der Waals surface area contributed by atoms with E-state index in [4.69, 9.17) is 4.18 Å². The molecule has 0 spiro atoms. The highest BCUT2D eigenvalue weighted by atomic mass is 32.2. The molecule has 27 heavy (non-hydrogen) atoms. The molecule has 2 rings (SSSR count). The molecule has 0 aliphatic carbocycles. The van der Waals surface area contributed by atoms with Crippen molar-refractivity contribution in [2.45, 2.75) is 33.4 Å². The molecule has 0 saturated carbocycles. The van der Waals surface area contributed by atoms with E-state index in [9.17, 15) is 13.2 Å². The van der Waals surface area contributed by atoms with Crippen LogP contribution in [0, 0.1) is 0 Å². The summed E-state index contributed by atoms with van der Waals surface area (Å²) in [5.41, 5.74) is 1.86. The zero-order chi connectivity index (χ0) is 19.9. The second-order valence-electron chi connectivity index (χ2n) is 6.38. The number of nitrogens with zero attached hydrogens (tertiary/aromatic N) is 1. The van der Waals surface area contributed by atoms with Gasteiger partial charge in [0.05, 0.1) is 5.75 Å². The van der Waals surface area contributed by atoms with Gasteiger partial charge in [-0.25, -0.2) is 0 Å². The number of rotatable bonds is 8.